The highest BCUT2D eigenvalue weighted by molar-refractivity contribution is 7.13. The van der Waals surface area contributed by atoms with E-state index >= 15 is 0 Å². The molecule has 3 rings (SSSR count). The molecule has 1 aliphatic rings. The smallest absolute Gasteiger partial charge is 0.271 e. The Bertz CT molecular complexity index is 667. The van der Waals surface area contributed by atoms with Crippen molar-refractivity contribution >= 4 is 34.0 Å². The van der Waals surface area contributed by atoms with E-state index in [1.165, 1.54) is 11.3 Å². The molecule has 2 amide bonds. The largest absolute Gasteiger partial charge is 0.359 e. The SMILES string of the molecule is O=C(CNC(=O)c1csc(NC2CC2)n1)Nc1ccccc1. The Morgan fingerprint density at radius 2 is 2.00 bits per heavy atom. The summed E-state index contributed by atoms with van der Waals surface area (Å²) in [5, 5.41) is 10.9. The Kier molecular flexibility index (Phi) is 4.34. The van der Waals surface area contributed by atoms with Gasteiger partial charge in [0.05, 0.1) is 6.54 Å². The summed E-state index contributed by atoms with van der Waals surface area (Å²) in [7, 11) is 0. The molecule has 0 atom stereocenters. The van der Waals surface area contributed by atoms with Crippen molar-refractivity contribution in [1.29, 1.82) is 0 Å². The van der Waals surface area contributed by atoms with Crippen molar-refractivity contribution in [3.63, 3.8) is 0 Å². The molecule has 1 heterocycles. The van der Waals surface area contributed by atoms with Crippen molar-refractivity contribution in [2.24, 2.45) is 0 Å². The van der Waals surface area contributed by atoms with Crippen molar-refractivity contribution in [1.82, 2.24) is 10.3 Å². The van der Waals surface area contributed by atoms with E-state index in [9.17, 15) is 9.59 Å². The fourth-order valence-electron chi connectivity index (χ4n) is 1.82. The highest BCUT2D eigenvalue weighted by Gasteiger charge is 2.22. The molecule has 7 heteroatoms. The lowest BCUT2D eigenvalue weighted by Gasteiger charge is -2.05. The van der Waals surface area contributed by atoms with Crippen LogP contribution < -0.4 is 16.0 Å². The molecule has 22 heavy (non-hydrogen) atoms. The quantitative estimate of drug-likeness (QED) is 0.762. The highest BCUT2D eigenvalue weighted by Crippen LogP contribution is 2.26. The van der Waals surface area contributed by atoms with Gasteiger partial charge in [0.25, 0.3) is 5.91 Å². The van der Waals surface area contributed by atoms with Gasteiger partial charge in [-0.25, -0.2) is 4.98 Å². The number of nitrogens with one attached hydrogen (secondary N) is 3. The number of para-hydroxylation sites is 1. The highest BCUT2D eigenvalue weighted by atomic mass is 32.1. The first kappa shape index (κ1) is 14.5. The number of hydrogen-bond donors (Lipinski definition) is 3. The summed E-state index contributed by atoms with van der Waals surface area (Å²) < 4.78 is 0. The molecule has 1 aliphatic carbocycles. The third kappa shape index (κ3) is 4.05. The van der Waals surface area contributed by atoms with E-state index < -0.39 is 0 Å². The van der Waals surface area contributed by atoms with E-state index in [1.807, 2.05) is 18.2 Å². The van der Waals surface area contributed by atoms with Gasteiger partial charge in [0.2, 0.25) is 5.91 Å². The van der Waals surface area contributed by atoms with Gasteiger partial charge in [0, 0.05) is 17.1 Å². The maximum Gasteiger partial charge on any atom is 0.271 e. The number of thiazole rings is 1. The Morgan fingerprint density at radius 3 is 2.73 bits per heavy atom. The van der Waals surface area contributed by atoms with Gasteiger partial charge in [0.1, 0.15) is 5.69 Å². The fourth-order valence-corrected chi connectivity index (χ4v) is 2.59. The Hall–Kier alpha value is -2.41. The Morgan fingerprint density at radius 1 is 1.23 bits per heavy atom. The molecule has 6 nitrogen and oxygen atoms in total. The maximum atomic E-state index is 11.9. The van der Waals surface area contributed by atoms with Gasteiger partial charge >= 0.3 is 0 Å². The van der Waals surface area contributed by atoms with Gasteiger partial charge < -0.3 is 16.0 Å². The van der Waals surface area contributed by atoms with Gasteiger partial charge in [-0.15, -0.1) is 11.3 Å². The average molecular weight is 316 g/mol. The van der Waals surface area contributed by atoms with E-state index in [4.69, 9.17) is 0 Å². The summed E-state index contributed by atoms with van der Waals surface area (Å²) in [5.74, 6) is -0.616. The van der Waals surface area contributed by atoms with Crippen LogP contribution in [0.4, 0.5) is 10.8 Å². The minimum atomic E-state index is -0.344. The summed E-state index contributed by atoms with van der Waals surface area (Å²) in [6.07, 6.45) is 2.31. The molecular formula is C15H16N4O2S. The van der Waals surface area contributed by atoms with Crippen LogP contribution in [0.3, 0.4) is 0 Å². The van der Waals surface area contributed by atoms with Crippen LogP contribution in [0.1, 0.15) is 23.3 Å². The van der Waals surface area contributed by atoms with Gasteiger partial charge in [-0.1, -0.05) is 18.2 Å². The topological polar surface area (TPSA) is 83.1 Å². The number of anilines is 2. The number of rotatable bonds is 6. The molecule has 1 aromatic carbocycles. The van der Waals surface area contributed by atoms with Crippen molar-refractivity contribution in [3.8, 4) is 0 Å². The number of benzene rings is 1. The van der Waals surface area contributed by atoms with Crippen molar-refractivity contribution in [2.75, 3.05) is 17.2 Å². The summed E-state index contributed by atoms with van der Waals surface area (Å²) in [5.41, 5.74) is 1.03. The second kappa shape index (κ2) is 6.57. The van der Waals surface area contributed by atoms with Crippen LogP contribution in [0.2, 0.25) is 0 Å². The van der Waals surface area contributed by atoms with Gasteiger partial charge in [-0.2, -0.15) is 0 Å². The second-order valence-corrected chi connectivity index (χ2v) is 5.91. The first-order chi connectivity index (χ1) is 10.7. The average Bonchev–Trinajstić information content (AvgIpc) is 3.21. The molecule has 0 bridgehead atoms. The molecule has 0 aliphatic heterocycles. The molecule has 114 valence electrons. The van der Waals surface area contributed by atoms with E-state index in [0.717, 1.165) is 18.0 Å². The molecule has 0 saturated heterocycles. The van der Waals surface area contributed by atoms with Crippen molar-refractivity contribution in [2.45, 2.75) is 18.9 Å². The molecule has 0 unspecified atom stereocenters. The second-order valence-electron chi connectivity index (χ2n) is 5.05. The Labute approximate surface area is 132 Å². The summed E-state index contributed by atoms with van der Waals surface area (Å²) in [4.78, 5) is 27.9. The number of hydrogen-bond acceptors (Lipinski definition) is 5. The standard InChI is InChI=1S/C15H16N4O2S/c20-13(17-10-4-2-1-3-5-10)8-16-14(21)12-9-22-15(19-12)18-11-6-7-11/h1-5,9,11H,6-8H2,(H,16,21)(H,17,20)(H,18,19). The zero-order valence-electron chi connectivity index (χ0n) is 11.8. The molecule has 0 radical (unpaired) electrons. The lowest BCUT2D eigenvalue weighted by atomic mass is 10.3. The lowest BCUT2D eigenvalue weighted by molar-refractivity contribution is -0.115. The minimum absolute atomic E-state index is 0.0867. The van der Waals surface area contributed by atoms with Crippen LogP contribution in [0.25, 0.3) is 0 Å². The zero-order valence-corrected chi connectivity index (χ0v) is 12.7. The molecule has 3 N–H and O–H groups in total. The van der Waals surface area contributed by atoms with E-state index in [-0.39, 0.29) is 18.4 Å². The Balaban J connectivity index is 1.47. The monoisotopic (exact) mass is 316 g/mol. The van der Waals surface area contributed by atoms with Crippen LogP contribution in [-0.4, -0.2) is 29.4 Å². The molecule has 2 aromatic rings. The summed E-state index contributed by atoms with van der Waals surface area (Å²) >= 11 is 1.40. The maximum absolute atomic E-state index is 11.9. The van der Waals surface area contributed by atoms with Crippen LogP contribution in [0.15, 0.2) is 35.7 Å². The number of nitrogens with zero attached hydrogens (tertiary/aromatic N) is 1. The summed E-state index contributed by atoms with van der Waals surface area (Å²) in [6, 6.07) is 9.60. The molecule has 0 spiro atoms. The summed E-state index contributed by atoms with van der Waals surface area (Å²) in [6.45, 7) is -0.0867. The lowest BCUT2D eigenvalue weighted by Crippen LogP contribution is -2.33. The number of carbonyl (C=O) groups is 2. The molecule has 1 aromatic heterocycles. The molecule has 1 fully saturated rings. The normalized spacial score (nSPS) is 13.5. The van der Waals surface area contributed by atoms with Crippen LogP contribution in [0.5, 0.6) is 0 Å². The third-order valence-electron chi connectivity index (χ3n) is 3.11. The van der Waals surface area contributed by atoms with Gasteiger partial charge in [-0.05, 0) is 25.0 Å². The van der Waals surface area contributed by atoms with E-state index in [1.54, 1.807) is 17.5 Å². The minimum Gasteiger partial charge on any atom is -0.359 e. The molecular weight excluding hydrogens is 300 g/mol. The molecule has 1 saturated carbocycles. The van der Waals surface area contributed by atoms with Gasteiger partial charge in [0.15, 0.2) is 5.13 Å². The number of amides is 2. The van der Waals surface area contributed by atoms with E-state index in [0.29, 0.717) is 17.4 Å². The van der Waals surface area contributed by atoms with Gasteiger partial charge in [-0.3, -0.25) is 9.59 Å². The first-order valence-corrected chi connectivity index (χ1v) is 7.94. The van der Waals surface area contributed by atoms with Crippen molar-refractivity contribution in [3.05, 3.63) is 41.4 Å². The predicted molar refractivity (Wildman–Crippen MR) is 86.2 cm³/mol. The first-order valence-electron chi connectivity index (χ1n) is 7.06. The van der Waals surface area contributed by atoms with Crippen LogP contribution >= 0.6 is 11.3 Å². The zero-order chi connectivity index (χ0) is 15.4. The number of aromatic nitrogens is 1. The van der Waals surface area contributed by atoms with Crippen molar-refractivity contribution < 1.29 is 9.59 Å². The number of carbonyl (C=O) groups excluding carboxylic acids is 2. The third-order valence-corrected chi connectivity index (χ3v) is 3.88. The van der Waals surface area contributed by atoms with Crippen LogP contribution in [-0.2, 0) is 4.79 Å². The van der Waals surface area contributed by atoms with Crippen LogP contribution in [0, 0.1) is 0 Å². The predicted octanol–water partition coefficient (Wildman–Crippen LogP) is 2.09. The fraction of sp³-hybridized carbons (Fsp3) is 0.267. The van der Waals surface area contributed by atoms with E-state index in [2.05, 4.69) is 20.9 Å².